The number of aryl methyl sites for hydroxylation is 2. The molecule has 1 aromatic heterocycles. The second kappa shape index (κ2) is 7.99. The first-order chi connectivity index (χ1) is 12.1. The molecule has 0 bridgehead atoms. The van der Waals surface area contributed by atoms with Gasteiger partial charge in [0.05, 0.1) is 6.04 Å². The Bertz CT molecular complexity index is 825. The van der Waals surface area contributed by atoms with Crippen molar-refractivity contribution in [1.29, 1.82) is 0 Å². The fourth-order valence-corrected chi connectivity index (χ4v) is 3.40. The summed E-state index contributed by atoms with van der Waals surface area (Å²) in [7, 11) is 0. The maximum absolute atomic E-state index is 12.4. The average Bonchev–Trinajstić information content (AvgIpc) is 3.14. The van der Waals surface area contributed by atoms with Crippen molar-refractivity contribution in [3.63, 3.8) is 0 Å². The number of rotatable bonds is 6. The van der Waals surface area contributed by atoms with Gasteiger partial charge in [-0.15, -0.1) is 11.3 Å². The highest BCUT2D eigenvalue weighted by Crippen LogP contribution is 2.26. The third-order valence-corrected chi connectivity index (χ3v) is 4.93. The minimum absolute atomic E-state index is 0.00140. The number of carbonyl (C=O) groups excluding carboxylic acids is 1. The predicted octanol–water partition coefficient (Wildman–Crippen LogP) is 4.65. The Morgan fingerprint density at radius 2 is 1.80 bits per heavy atom. The number of benzene rings is 2. The molecule has 128 valence electrons. The first kappa shape index (κ1) is 17.2. The summed E-state index contributed by atoms with van der Waals surface area (Å²) in [6.45, 7) is 4.02. The van der Waals surface area contributed by atoms with Gasteiger partial charge < -0.3 is 10.1 Å². The van der Waals surface area contributed by atoms with E-state index in [1.165, 1.54) is 5.56 Å². The molecule has 2 aromatic carbocycles. The van der Waals surface area contributed by atoms with E-state index in [4.69, 9.17) is 4.74 Å². The smallest absolute Gasteiger partial charge is 0.258 e. The lowest BCUT2D eigenvalue weighted by atomic mass is 10.0. The van der Waals surface area contributed by atoms with Gasteiger partial charge in [0.2, 0.25) is 0 Å². The molecule has 25 heavy (non-hydrogen) atoms. The van der Waals surface area contributed by atoms with Gasteiger partial charge >= 0.3 is 0 Å². The number of amides is 1. The number of ether oxygens (including phenoxy) is 1. The summed E-state index contributed by atoms with van der Waals surface area (Å²) in [5.41, 5.74) is 3.28. The van der Waals surface area contributed by atoms with Crippen molar-refractivity contribution in [1.82, 2.24) is 5.32 Å². The van der Waals surface area contributed by atoms with E-state index >= 15 is 0 Å². The lowest BCUT2D eigenvalue weighted by Crippen LogP contribution is -2.33. The van der Waals surface area contributed by atoms with Crippen molar-refractivity contribution in [3.8, 4) is 5.75 Å². The molecule has 0 aliphatic heterocycles. The van der Waals surface area contributed by atoms with Crippen LogP contribution < -0.4 is 10.1 Å². The summed E-state index contributed by atoms with van der Waals surface area (Å²) in [6.07, 6.45) is 0. The average molecular weight is 351 g/mol. The Labute approximate surface area is 152 Å². The van der Waals surface area contributed by atoms with E-state index in [0.29, 0.717) is 0 Å². The molecule has 1 N–H and O–H groups in total. The van der Waals surface area contributed by atoms with Crippen molar-refractivity contribution in [3.05, 3.63) is 87.6 Å². The molecule has 0 saturated carbocycles. The van der Waals surface area contributed by atoms with Crippen LogP contribution in [0.25, 0.3) is 0 Å². The molecule has 1 amide bonds. The second-order valence-electron chi connectivity index (χ2n) is 5.98. The summed E-state index contributed by atoms with van der Waals surface area (Å²) in [6, 6.07) is 19.8. The van der Waals surface area contributed by atoms with Gasteiger partial charge in [0.1, 0.15) is 5.75 Å². The third kappa shape index (κ3) is 4.48. The maximum atomic E-state index is 12.4. The number of thiophene rings is 1. The van der Waals surface area contributed by atoms with E-state index in [0.717, 1.165) is 21.8 Å². The summed E-state index contributed by atoms with van der Waals surface area (Å²) >= 11 is 1.63. The van der Waals surface area contributed by atoms with Crippen molar-refractivity contribution >= 4 is 17.2 Å². The molecular weight excluding hydrogens is 330 g/mol. The van der Waals surface area contributed by atoms with Gasteiger partial charge in [-0.3, -0.25) is 4.79 Å². The Morgan fingerprint density at radius 1 is 1.04 bits per heavy atom. The molecule has 0 aliphatic rings. The van der Waals surface area contributed by atoms with E-state index < -0.39 is 0 Å². The van der Waals surface area contributed by atoms with E-state index in [9.17, 15) is 4.79 Å². The quantitative estimate of drug-likeness (QED) is 0.702. The largest absolute Gasteiger partial charge is 0.484 e. The van der Waals surface area contributed by atoms with Crippen molar-refractivity contribution in [2.75, 3.05) is 6.61 Å². The molecule has 0 fully saturated rings. The molecule has 0 radical (unpaired) electrons. The molecule has 4 heteroatoms. The SMILES string of the molecule is Cc1ccc([C@H](NC(=O)COc2ccccc2C)c2cccs2)cc1. The molecule has 3 rings (SSSR count). The molecule has 0 saturated heterocycles. The Morgan fingerprint density at radius 3 is 2.48 bits per heavy atom. The number of nitrogens with one attached hydrogen (secondary N) is 1. The molecule has 3 aromatic rings. The predicted molar refractivity (Wildman–Crippen MR) is 102 cm³/mol. The van der Waals surface area contributed by atoms with Gasteiger partial charge in [-0.25, -0.2) is 0 Å². The van der Waals surface area contributed by atoms with Crippen LogP contribution in [0.1, 0.15) is 27.6 Å². The molecule has 1 heterocycles. The zero-order valence-electron chi connectivity index (χ0n) is 14.4. The van der Waals surface area contributed by atoms with Gasteiger partial charge in [0, 0.05) is 4.88 Å². The standard InChI is InChI=1S/C21H21NO2S/c1-15-9-11-17(12-10-15)21(19-8-5-13-25-19)22-20(23)14-24-18-7-4-3-6-16(18)2/h3-13,21H,14H2,1-2H3,(H,22,23)/t21-/m0/s1. The highest BCUT2D eigenvalue weighted by molar-refractivity contribution is 7.10. The van der Waals surface area contributed by atoms with Gasteiger partial charge in [-0.1, -0.05) is 54.1 Å². The van der Waals surface area contributed by atoms with Crippen LogP contribution >= 0.6 is 11.3 Å². The fraction of sp³-hybridized carbons (Fsp3) is 0.190. The van der Waals surface area contributed by atoms with Crippen LogP contribution in [-0.4, -0.2) is 12.5 Å². The van der Waals surface area contributed by atoms with Gasteiger partial charge in [0.25, 0.3) is 5.91 Å². The molecule has 0 unspecified atom stereocenters. The van der Waals surface area contributed by atoms with Crippen LogP contribution in [0.5, 0.6) is 5.75 Å². The van der Waals surface area contributed by atoms with Crippen LogP contribution in [0.15, 0.2) is 66.0 Å². The second-order valence-corrected chi connectivity index (χ2v) is 6.96. The monoisotopic (exact) mass is 351 g/mol. The minimum atomic E-state index is -0.159. The summed E-state index contributed by atoms with van der Waals surface area (Å²) in [5.74, 6) is 0.600. The zero-order chi connectivity index (χ0) is 17.6. The third-order valence-electron chi connectivity index (χ3n) is 4.00. The highest BCUT2D eigenvalue weighted by Gasteiger charge is 2.18. The fourth-order valence-electron chi connectivity index (χ4n) is 2.60. The number of carbonyl (C=O) groups is 1. The normalized spacial score (nSPS) is 11.8. The van der Waals surface area contributed by atoms with Crippen molar-refractivity contribution in [2.24, 2.45) is 0 Å². The zero-order valence-corrected chi connectivity index (χ0v) is 15.2. The van der Waals surface area contributed by atoms with Gasteiger partial charge in [0.15, 0.2) is 6.61 Å². The van der Waals surface area contributed by atoms with Gasteiger partial charge in [-0.05, 0) is 42.5 Å². The molecule has 0 spiro atoms. The maximum Gasteiger partial charge on any atom is 0.258 e. The molecular formula is C21H21NO2S. The van der Waals surface area contributed by atoms with E-state index in [1.807, 2.05) is 48.7 Å². The minimum Gasteiger partial charge on any atom is -0.484 e. The topological polar surface area (TPSA) is 38.3 Å². The van der Waals surface area contributed by atoms with Crippen LogP contribution in [0, 0.1) is 13.8 Å². The number of hydrogen-bond donors (Lipinski definition) is 1. The van der Waals surface area contributed by atoms with Crippen LogP contribution in [-0.2, 0) is 4.79 Å². The highest BCUT2D eigenvalue weighted by atomic mass is 32.1. The van der Waals surface area contributed by atoms with Crippen LogP contribution in [0.2, 0.25) is 0 Å². The lowest BCUT2D eigenvalue weighted by Gasteiger charge is -2.19. The Kier molecular flexibility index (Phi) is 5.51. The Hall–Kier alpha value is -2.59. The molecule has 0 aliphatic carbocycles. The lowest BCUT2D eigenvalue weighted by molar-refractivity contribution is -0.123. The number of hydrogen-bond acceptors (Lipinski definition) is 3. The first-order valence-corrected chi connectivity index (χ1v) is 9.09. The first-order valence-electron chi connectivity index (χ1n) is 8.21. The van der Waals surface area contributed by atoms with Crippen molar-refractivity contribution in [2.45, 2.75) is 19.9 Å². The van der Waals surface area contributed by atoms with Crippen LogP contribution in [0.3, 0.4) is 0 Å². The van der Waals surface area contributed by atoms with Gasteiger partial charge in [-0.2, -0.15) is 0 Å². The summed E-state index contributed by atoms with van der Waals surface area (Å²) < 4.78 is 5.66. The van der Waals surface area contributed by atoms with Crippen LogP contribution in [0.4, 0.5) is 0 Å². The molecule has 3 nitrogen and oxygen atoms in total. The van der Waals surface area contributed by atoms with E-state index in [2.05, 4.69) is 36.5 Å². The number of para-hydroxylation sites is 1. The summed E-state index contributed by atoms with van der Waals surface area (Å²) in [5, 5.41) is 5.11. The molecule has 1 atom stereocenters. The van der Waals surface area contributed by atoms with Crippen molar-refractivity contribution < 1.29 is 9.53 Å². The Balaban J connectivity index is 1.71. The van der Waals surface area contributed by atoms with E-state index in [1.54, 1.807) is 11.3 Å². The summed E-state index contributed by atoms with van der Waals surface area (Å²) in [4.78, 5) is 13.5. The van der Waals surface area contributed by atoms with E-state index in [-0.39, 0.29) is 18.6 Å².